The number of hydrogen-bond donors (Lipinski definition) is 2. The van der Waals surface area contributed by atoms with Crippen LogP contribution in [0.1, 0.15) is 77.7 Å². The summed E-state index contributed by atoms with van der Waals surface area (Å²) >= 11 is 0. The highest BCUT2D eigenvalue weighted by atomic mass is 16.1. The lowest BCUT2D eigenvalue weighted by Gasteiger charge is -2.24. The van der Waals surface area contributed by atoms with Crippen LogP contribution in [-0.4, -0.2) is 20.6 Å². The zero-order chi connectivity index (χ0) is 18.5. The third-order valence-corrected chi connectivity index (χ3v) is 5.37. The zero-order valence-electron chi connectivity index (χ0n) is 16.0. The number of nitrogens with two attached hydrogens (primary N) is 1. The Bertz CT molecular complexity index is 789. The number of fused-ring (bicyclic) bond motifs is 1. The molecule has 142 valence electrons. The van der Waals surface area contributed by atoms with Crippen molar-refractivity contribution in [2.75, 3.05) is 11.1 Å². The molecule has 0 aromatic carbocycles. The summed E-state index contributed by atoms with van der Waals surface area (Å²) in [6, 6.07) is 2.08. The summed E-state index contributed by atoms with van der Waals surface area (Å²) in [6.45, 7) is 4.30. The Balaban J connectivity index is 2.04. The van der Waals surface area contributed by atoms with Crippen LogP contribution in [0.5, 0.6) is 0 Å². The van der Waals surface area contributed by atoms with Crippen LogP contribution in [0.3, 0.4) is 0 Å². The average Bonchev–Trinajstić information content (AvgIpc) is 2.63. The normalized spacial score (nSPS) is 15.7. The topological polar surface area (TPSA) is 85.8 Å². The first kappa shape index (κ1) is 18.7. The van der Waals surface area contributed by atoms with Gasteiger partial charge in [-0.1, -0.05) is 46.0 Å². The maximum absolute atomic E-state index is 12.7. The minimum absolute atomic E-state index is 0.0655. The molecule has 6 heteroatoms. The third-order valence-electron chi connectivity index (χ3n) is 5.37. The van der Waals surface area contributed by atoms with E-state index in [2.05, 4.69) is 24.1 Å². The largest absolute Gasteiger partial charge is 0.398 e. The second-order valence-corrected chi connectivity index (χ2v) is 7.45. The second-order valence-electron chi connectivity index (χ2n) is 7.45. The minimum Gasteiger partial charge on any atom is -0.398 e. The highest BCUT2D eigenvalue weighted by molar-refractivity contribution is 5.87. The lowest BCUT2D eigenvalue weighted by Crippen LogP contribution is -2.27. The summed E-state index contributed by atoms with van der Waals surface area (Å²) in [5.41, 5.74) is 7.15. The van der Waals surface area contributed by atoms with Crippen LogP contribution in [0.2, 0.25) is 0 Å². The summed E-state index contributed by atoms with van der Waals surface area (Å²) in [6.07, 6.45) is 11.8. The quantitative estimate of drug-likeness (QED) is 0.773. The fraction of sp³-hybridized carbons (Fsp3) is 0.650. The Morgan fingerprint density at radius 3 is 2.58 bits per heavy atom. The van der Waals surface area contributed by atoms with Gasteiger partial charge in [0.15, 0.2) is 5.65 Å². The molecule has 3 rings (SSSR count). The smallest absolute Gasteiger partial charge is 0.254 e. The maximum atomic E-state index is 12.7. The highest BCUT2D eigenvalue weighted by Crippen LogP contribution is 2.26. The van der Waals surface area contributed by atoms with Crippen molar-refractivity contribution in [2.45, 2.75) is 83.7 Å². The molecule has 2 aromatic rings. The molecule has 26 heavy (non-hydrogen) atoms. The molecule has 1 aliphatic rings. The van der Waals surface area contributed by atoms with Gasteiger partial charge in [-0.15, -0.1) is 0 Å². The Morgan fingerprint density at radius 2 is 1.92 bits per heavy atom. The van der Waals surface area contributed by atoms with Crippen LogP contribution in [0.25, 0.3) is 11.0 Å². The highest BCUT2D eigenvalue weighted by Gasteiger charge is 2.19. The molecule has 0 spiro atoms. The van der Waals surface area contributed by atoms with Crippen molar-refractivity contribution >= 4 is 22.7 Å². The van der Waals surface area contributed by atoms with Crippen LogP contribution in [-0.2, 0) is 0 Å². The Hall–Kier alpha value is -2.11. The third kappa shape index (κ3) is 4.00. The van der Waals surface area contributed by atoms with Crippen molar-refractivity contribution in [3.05, 3.63) is 22.6 Å². The summed E-state index contributed by atoms with van der Waals surface area (Å²) in [4.78, 5) is 22.0. The molecule has 1 saturated carbocycles. The van der Waals surface area contributed by atoms with Gasteiger partial charge in [0.1, 0.15) is 0 Å². The molecule has 0 atom stereocenters. The van der Waals surface area contributed by atoms with Crippen molar-refractivity contribution in [1.29, 1.82) is 0 Å². The maximum Gasteiger partial charge on any atom is 0.254 e. The van der Waals surface area contributed by atoms with E-state index in [1.165, 1.54) is 25.3 Å². The van der Waals surface area contributed by atoms with E-state index in [1.54, 1.807) is 6.20 Å². The molecule has 2 heterocycles. The van der Waals surface area contributed by atoms with Crippen LogP contribution < -0.4 is 16.6 Å². The van der Waals surface area contributed by atoms with Gasteiger partial charge in [0.05, 0.1) is 5.39 Å². The lowest BCUT2D eigenvalue weighted by molar-refractivity contribution is 0.425. The van der Waals surface area contributed by atoms with E-state index >= 15 is 0 Å². The molecular formula is C20H31N5O. The summed E-state index contributed by atoms with van der Waals surface area (Å²) in [5, 5.41) is 4.22. The number of nitrogen functional groups attached to an aromatic ring is 1. The average molecular weight is 358 g/mol. The van der Waals surface area contributed by atoms with Crippen LogP contribution >= 0.6 is 0 Å². The summed E-state index contributed by atoms with van der Waals surface area (Å²) in [7, 11) is 0. The standard InChI is InChI=1S/C20H31N5O/c1-3-8-15(9-4-2)25-18(26)12-17(21)16-13-22-20(24-19(16)25)23-14-10-6-5-7-11-14/h12-15H,3-11,21H2,1-2H3,(H,22,23,24). The van der Waals surface area contributed by atoms with E-state index in [-0.39, 0.29) is 11.6 Å². The van der Waals surface area contributed by atoms with E-state index in [1.807, 2.05) is 4.57 Å². The van der Waals surface area contributed by atoms with Gasteiger partial charge in [0.25, 0.3) is 5.56 Å². The Morgan fingerprint density at radius 1 is 1.23 bits per heavy atom. The van der Waals surface area contributed by atoms with E-state index < -0.39 is 0 Å². The number of nitrogens with zero attached hydrogens (tertiary/aromatic N) is 3. The van der Waals surface area contributed by atoms with Crippen molar-refractivity contribution in [2.24, 2.45) is 0 Å². The number of anilines is 2. The fourth-order valence-electron chi connectivity index (χ4n) is 4.07. The summed E-state index contributed by atoms with van der Waals surface area (Å²) < 4.78 is 1.84. The molecule has 1 fully saturated rings. The molecule has 0 aliphatic heterocycles. The van der Waals surface area contributed by atoms with Crippen LogP contribution in [0.4, 0.5) is 11.6 Å². The molecule has 6 nitrogen and oxygen atoms in total. The molecule has 2 aromatic heterocycles. The number of nitrogens with one attached hydrogen (secondary N) is 1. The van der Waals surface area contributed by atoms with E-state index in [0.29, 0.717) is 23.3 Å². The fourth-order valence-corrected chi connectivity index (χ4v) is 4.07. The van der Waals surface area contributed by atoms with E-state index in [0.717, 1.165) is 43.9 Å². The molecule has 0 bridgehead atoms. The number of rotatable bonds is 7. The molecule has 0 saturated heterocycles. The van der Waals surface area contributed by atoms with Gasteiger partial charge in [-0.05, 0) is 25.7 Å². The van der Waals surface area contributed by atoms with Crippen LogP contribution in [0.15, 0.2) is 17.1 Å². The molecule has 1 aliphatic carbocycles. The first-order valence-electron chi connectivity index (χ1n) is 10.1. The van der Waals surface area contributed by atoms with Crippen molar-refractivity contribution in [3.63, 3.8) is 0 Å². The lowest BCUT2D eigenvalue weighted by atomic mass is 9.96. The van der Waals surface area contributed by atoms with Gasteiger partial charge < -0.3 is 11.1 Å². The first-order chi connectivity index (χ1) is 12.6. The molecular weight excluding hydrogens is 326 g/mol. The predicted molar refractivity (Wildman–Crippen MR) is 108 cm³/mol. The molecule has 0 radical (unpaired) electrons. The minimum atomic E-state index is -0.0655. The Kier molecular flexibility index (Phi) is 6.12. The van der Waals surface area contributed by atoms with Crippen LogP contribution in [0, 0.1) is 0 Å². The molecule has 3 N–H and O–H groups in total. The van der Waals surface area contributed by atoms with Gasteiger partial charge in [-0.2, -0.15) is 4.98 Å². The first-order valence-corrected chi connectivity index (χ1v) is 10.1. The monoisotopic (exact) mass is 357 g/mol. The number of hydrogen-bond acceptors (Lipinski definition) is 5. The number of aromatic nitrogens is 3. The molecule has 0 unspecified atom stereocenters. The zero-order valence-corrected chi connectivity index (χ0v) is 16.0. The van der Waals surface area contributed by atoms with Gasteiger partial charge >= 0.3 is 0 Å². The summed E-state index contributed by atoms with van der Waals surface area (Å²) in [5.74, 6) is 0.606. The van der Waals surface area contributed by atoms with Gasteiger partial charge in [-0.25, -0.2) is 4.98 Å². The van der Waals surface area contributed by atoms with E-state index in [9.17, 15) is 4.79 Å². The SMILES string of the molecule is CCCC(CCC)n1c(=O)cc(N)c2cnc(NC3CCCCC3)nc21. The van der Waals surface area contributed by atoms with E-state index in [4.69, 9.17) is 10.7 Å². The van der Waals surface area contributed by atoms with Crippen molar-refractivity contribution < 1.29 is 0 Å². The number of pyridine rings is 1. The van der Waals surface area contributed by atoms with Gasteiger partial charge in [-0.3, -0.25) is 9.36 Å². The van der Waals surface area contributed by atoms with Crippen molar-refractivity contribution in [1.82, 2.24) is 14.5 Å². The second kappa shape index (κ2) is 8.52. The molecule has 0 amide bonds. The van der Waals surface area contributed by atoms with Crippen molar-refractivity contribution in [3.8, 4) is 0 Å². The van der Waals surface area contributed by atoms with Gasteiger partial charge in [0, 0.05) is 30.0 Å². The van der Waals surface area contributed by atoms with Gasteiger partial charge in [0.2, 0.25) is 5.95 Å². The Labute approximate surface area is 155 Å². The predicted octanol–water partition coefficient (Wildman–Crippen LogP) is 4.26.